The van der Waals surface area contributed by atoms with Gasteiger partial charge in [-0.15, -0.1) is 0 Å². The van der Waals surface area contributed by atoms with Crippen LogP contribution in [0.1, 0.15) is 36.8 Å². The summed E-state index contributed by atoms with van der Waals surface area (Å²) in [5, 5.41) is 9.95. The SMILES string of the molecule is COCCCN1CC(=O)N[C@H]2CN(C(=O)CCN)CC[C@H]2OCc2cccc(c2)Oc2ccc(cc2OC)CCC1=O.O=CO. The Bertz CT molecular complexity index is 1270. The minimum absolute atomic E-state index is 0.0517. The predicted octanol–water partition coefficient (Wildman–Crippen LogP) is 1.95. The zero-order valence-corrected chi connectivity index (χ0v) is 25.9. The van der Waals surface area contributed by atoms with Crippen LogP contribution in [0.3, 0.4) is 0 Å². The van der Waals surface area contributed by atoms with E-state index in [2.05, 4.69) is 5.32 Å². The summed E-state index contributed by atoms with van der Waals surface area (Å²) in [6.45, 7) is 1.89. The molecule has 3 heterocycles. The lowest BCUT2D eigenvalue weighted by Gasteiger charge is -2.39. The lowest BCUT2D eigenvalue weighted by Crippen LogP contribution is -2.58. The van der Waals surface area contributed by atoms with Gasteiger partial charge in [0.1, 0.15) is 5.75 Å². The van der Waals surface area contributed by atoms with Crippen molar-refractivity contribution in [3.05, 3.63) is 53.6 Å². The topological polar surface area (TPSA) is 170 Å². The lowest BCUT2D eigenvalue weighted by molar-refractivity contribution is -0.139. The third kappa shape index (κ3) is 11.0. The molecule has 2 atom stereocenters. The smallest absolute Gasteiger partial charge is 0.290 e. The maximum atomic E-state index is 13.3. The van der Waals surface area contributed by atoms with Crippen molar-refractivity contribution in [1.82, 2.24) is 15.1 Å². The number of methoxy groups -OCH3 is 2. The van der Waals surface area contributed by atoms with Crippen LogP contribution in [0.5, 0.6) is 17.2 Å². The molecule has 4 bridgehead atoms. The van der Waals surface area contributed by atoms with Crippen LogP contribution in [0.25, 0.3) is 0 Å². The number of likely N-dealkylation sites (tertiary alicyclic amines) is 1. The van der Waals surface area contributed by atoms with E-state index in [9.17, 15) is 14.4 Å². The molecule has 0 saturated carbocycles. The Morgan fingerprint density at radius 1 is 1.16 bits per heavy atom. The van der Waals surface area contributed by atoms with Crippen molar-refractivity contribution in [3.63, 3.8) is 0 Å². The first-order chi connectivity index (χ1) is 21.8. The van der Waals surface area contributed by atoms with E-state index >= 15 is 0 Å². The van der Waals surface area contributed by atoms with E-state index in [0.29, 0.717) is 69.4 Å². The number of fused-ring (bicyclic) bond motifs is 9. The molecule has 0 radical (unpaired) electrons. The summed E-state index contributed by atoms with van der Waals surface area (Å²) in [5.41, 5.74) is 7.44. The Labute approximate surface area is 263 Å². The van der Waals surface area contributed by atoms with Gasteiger partial charge in [-0.2, -0.15) is 0 Å². The maximum Gasteiger partial charge on any atom is 0.290 e. The first-order valence-corrected chi connectivity index (χ1v) is 15.0. The zero-order chi connectivity index (χ0) is 32.6. The molecule has 246 valence electrons. The van der Waals surface area contributed by atoms with Crippen LogP contribution < -0.4 is 20.5 Å². The second-order valence-corrected chi connectivity index (χ2v) is 10.7. The number of ether oxygens (including phenoxy) is 4. The van der Waals surface area contributed by atoms with Gasteiger partial charge in [-0.3, -0.25) is 19.2 Å². The Morgan fingerprint density at radius 2 is 1.96 bits per heavy atom. The van der Waals surface area contributed by atoms with E-state index in [-0.39, 0.29) is 56.2 Å². The van der Waals surface area contributed by atoms with Crippen LogP contribution in [0.15, 0.2) is 42.5 Å². The number of carboxylic acid groups (broad SMARTS) is 1. The van der Waals surface area contributed by atoms with E-state index in [1.165, 1.54) is 0 Å². The molecule has 3 aliphatic rings. The normalized spacial score (nSPS) is 19.0. The van der Waals surface area contributed by atoms with Crippen LogP contribution in [0, 0.1) is 0 Å². The van der Waals surface area contributed by atoms with Gasteiger partial charge in [-0.1, -0.05) is 18.2 Å². The zero-order valence-electron chi connectivity index (χ0n) is 25.9. The number of amides is 3. The average molecular weight is 629 g/mol. The quantitative estimate of drug-likeness (QED) is 0.304. The number of nitrogens with two attached hydrogens (primary N) is 1. The lowest BCUT2D eigenvalue weighted by atomic mass is 10.0. The van der Waals surface area contributed by atoms with Gasteiger partial charge in [0.05, 0.1) is 32.4 Å². The standard InChI is InChI=1S/C31H42N4O7.CH2O2/c1-39-16-4-14-34-20-29(36)33-25-19-35(31(38)11-13-32)15-12-26(25)41-21-23-5-3-6-24(17-23)42-27-9-7-22(8-10-30(34)37)18-28(27)40-2;2-1-3/h3,5-7,9,17-18,25-26H,4,8,10-16,19-21,32H2,1-2H3,(H,33,36);1H,(H,2,3)/t25-,26+;/m0./s1. The summed E-state index contributed by atoms with van der Waals surface area (Å²) in [6, 6.07) is 12.8. The highest BCUT2D eigenvalue weighted by Crippen LogP contribution is 2.33. The Morgan fingerprint density at radius 3 is 2.69 bits per heavy atom. The molecule has 0 unspecified atom stereocenters. The molecule has 1 saturated heterocycles. The van der Waals surface area contributed by atoms with E-state index < -0.39 is 6.04 Å². The summed E-state index contributed by atoms with van der Waals surface area (Å²) in [6.07, 6.45) is 1.77. The van der Waals surface area contributed by atoms with Gasteiger partial charge in [0.15, 0.2) is 11.5 Å². The van der Waals surface area contributed by atoms with Crippen molar-refractivity contribution in [3.8, 4) is 17.2 Å². The molecule has 2 aromatic rings. The molecule has 0 spiro atoms. The highest BCUT2D eigenvalue weighted by atomic mass is 16.5. The maximum absolute atomic E-state index is 13.3. The van der Waals surface area contributed by atoms with Gasteiger partial charge in [-0.25, -0.2) is 0 Å². The number of benzene rings is 2. The summed E-state index contributed by atoms with van der Waals surface area (Å²) in [5.74, 6) is 1.28. The van der Waals surface area contributed by atoms with Crippen molar-refractivity contribution >= 4 is 24.2 Å². The summed E-state index contributed by atoms with van der Waals surface area (Å²) >= 11 is 0. The van der Waals surface area contributed by atoms with E-state index in [1.54, 1.807) is 24.0 Å². The van der Waals surface area contributed by atoms with Gasteiger partial charge in [0.2, 0.25) is 17.7 Å². The fraction of sp³-hybridized carbons (Fsp3) is 0.500. The molecule has 3 amide bonds. The minimum Gasteiger partial charge on any atom is -0.493 e. The fourth-order valence-electron chi connectivity index (χ4n) is 5.28. The van der Waals surface area contributed by atoms with Crippen molar-refractivity contribution in [1.29, 1.82) is 0 Å². The van der Waals surface area contributed by atoms with Crippen LogP contribution in [-0.4, -0.2) is 105 Å². The van der Waals surface area contributed by atoms with Gasteiger partial charge in [0, 0.05) is 52.7 Å². The van der Waals surface area contributed by atoms with E-state index in [1.807, 2.05) is 42.5 Å². The predicted molar refractivity (Wildman–Crippen MR) is 165 cm³/mol. The number of carbonyl (C=O) groups is 4. The average Bonchev–Trinajstić information content (AvgIpc) is 3.03. The van der Waals surface area contributed by atoms with Crippen molar-refractivity contribution < 1.29 is 43.2 Å². The van der Waals surface area contributed by atoms with Crippen molar-refractivity contribution in [2.75, 3.05) is 53.6 Å². The number of hydrogen-bond donors (Lipinski definition) is 3. The summed E-state index contributed by atoms with van der Waals surface area (Å²) in [4.78, 5) is 50.9. The highest BCUT2D eigenvalue weighted by Gasteiger charge is 2.33. The molecule has 45 heavy (non-hydrogen) atoms. The largest absolute Gasteiger partial charge is 0.493 e. The number of hydrogen-bond acceptors (Lipinski definition) is 9. The second kappa shape index (κ2) is 18.6. The number of nitrogens with zero attached hydrogens (tertiary/aromatic N) is 2. The highest BCUT2D eigenvalue weighted by molar-refractivity contribution is 5.85. The molecular weight excluding hydrogens is 584 g/mol. The Balaban J connectivity index is 0.00000177. The van der Waals surface area contributed by atoms with Gasteiger partial charge >= 0.3 is 0 Å². The number of nitrogens with one attached hydrogen (secondary N) is 1. The van der Waals surface area contributed by atoms with Gasteiger partial charge in [-0.05, 0) is 54.7 Å². The van der Waals surface area contributed by atoms with Crippen LogP contribution >= 0.6 is 0 Å². The van der Waals surface area contributed by atoms with Crippen LogP contribution in [0.4, 0.5) is 0 Å². The van der Waals surface area contributed by atoms with E-state index in [4.69, 9.17) is 34.6 Å². The molecular formula is C32H44N4O9. The van der Waals surface area contributed by atoms with Gasteiger partial charge < -0.3 is 44.9 Å². The van der Waals surface area contributed by atoms with Crippen molar-refractivity contribution in [2.45, 2.75) is 50.9 Å². The molecule has 0 aliphatic carbocycles. The van der Waals surface area contributed by atoms with Crippen LogP contribution in [-0.2, 0) is 41.7 Å². The number of piperidine rings is 1. The summed E-state index contributed by atoms with van der Waals surface area (Å²) in [7, 11) is 3.19. The number of rotatable bonds is 7. The van der Waals surface area contributed by atoms with Crippen LogP contribution in [0.2, 0.25) is 0 Å². The Kier molecular flexibility index (Phi) is 14.6. The number of carbonyl (C=O) groups excluding carboxylic acids is 3. The molecule has 5 rings (SSSR count). The second-order valence-electron chi connectivity index (χ2n) is 10.7. The molecule has 13 heteroatoms. The van der Waals surface area contributed by atoms with Gasteiger partial charge in [0.25, 0.3) is 6.47 Å². The molecule has 3 aliphatic heterocycles. The minimum atomic E-state index is -0.440. The Hall–Kier alpha value is -4.20. The monoisotopic (exact) mass is 628 g/mol. The third-order valence-corrected chi connectivity index (χ3v) is 7.52. The van der Waals surface area contributed by atoms with E-state index in [0.717, 1.165) is 11.1 Å². The first kappa shape index (κ1) is 35.3. The number of aryl methyl sites for hydroxylation is 1. The third-order valence-electron chi connectivity index (χ3n) is 7.52. The molecule has 2 aromatic carbocycles. The first-order valence-electron chi connectivity index (χ1n) is 15.0. The molecule has 4 N–H and O–H groups in total. The fourth-order valence-corrected chi connectivity index (χ4v) is 5.28. The molecule has 13 nitrogen and oxygen atoms in total. The summed E-state index contributed by atoms with van der Waals surface area (Å²) < 4.78 is 23.2. The molecule has 1 fully saturated rings. The molecule has 0 aromatic heterocycles. The van der Waals surface area contributed by atoms with Crippen molar-refractivity contribution in [2.24, 2.45) is 5.73 Å².